The summed E-state index contributed by atoms with van der Waals surface area (Å²) in [6, 6.07) is 3.73. The van der Waals surface area contributed by atoms with Gasteiger partial charge in [-0.2, -0.15) is 0 Å². The highest BCUT2D eigenvalue weighted by Crippen LogP contribution is 2.34. The fourth-order valence-corrected chi connectivity index (χ4v) is 2.34. The van der Waals surface area contributed by atoms with Crippen molar-refractivity contribution in [2.24, 2.45) is 0 Å². The molecule has 20 heavy (non-hydrogen) atoms. The molecule has 114 valence electrons. The molecular formula is C16H26ClNO2. The van der Waals surface area contributed by atoms with Gasteiger partial charge in [-0.25, -0.2) is 0 Å². The van der Waals surface area contributed by atoms with Crippen LogP contribution in [-0.2, 0) is 6.54 Å². The van der Waals surface area contributed by atoms with Crippen molar-refractivity contribution in [3.63, 3.8) is 0 Å². The van der Waals surface area contributed by atoms with Crippen molar-refractivity contribution >= 4 is 11.6 Å². The minimum absolute atomic E-state index is 0.613. The summed E-state index contributed by atoms with van der Waals surface area (Å²) in [5.74, 6) is 1.49. The van der Waals surface area contributed by atoms with Gasteiger partial charge in [0.1, 0.15) is 0 Å². The highest BCUT2D eigenvalue weighted by molar-refractivity contribution is 6.30. The van der Waals surface area contributed by atoms with Gasteiger partial charge in [0, 0.05) is 23.2 Å². The molecule has 0 aliphatic rings. The molecule has 0 fully saturated rings. The Balaban J connectivity index is 2.60. The molecule has 1 aromatic rings. The monoisotopic (exact) mass is 299 g/mol. The van der Waals surface area contributed by atoms with Crippen molar-refractivity contribution in [1.29, 1.82) is 0 Å². The van der Waals surface area contributed by atoms with E-state index in [0.29, 0.717) is 17.4 Å². The van der Waals surface area contributed by atoms with Crippen molar-refractivity contribution in [2.45, 2.75) is 46.1 Å². The molecule has 0 radical (unpaired) electrons. The highest BCUT2D eigenvalue weighted by atomic mass is 35.5. The molecule has 1 rings (SSSR count). The summed E-state index contributed by atoms with van der Waals surface area (Å²) in [5, 5.41) is 4.12. The zero-order valence-corrected chi connectivity index (χ0v) is 13.6. The molecule has 0 saturated carbocycles. The normalized spacial score (nSPS) is 10.6. The number of hydrogen-bond acceptors (Lipinski definition) is 3. The maximum absolute atomic E-state index is 6.12. The second-order valence-electron chi connectivity index (χ2n) is 4.77. The van der Waals surface area contributed by atoms with Crippen LogP contribution < -0.4 is 14.8 Å². The van der Waals surface area contributed by atoms with Crippen LogP contribution in [0.25, 0.3) is 0 Å². The first-order valence-corrected chi connectivity index (χ1v) is 7.80. The van der Waals surface area contributed by atoms with Gasteiger partial charge in [0.2, 0.25) is 0 Å². The van der Waals surface area contributed by atoms with Gasteiger partial charge < -0.3 is 14.8 Å². The summed E-state index contributed by atoms with van der Waals surface area (Å²) in [7, 11) is 1.64. The average Bonchev–Trinajstić information content (AvgIpc) is 2.45. The fourth-order valence-electron chi connectivity index (χ4n) is 2.11. The summed E-state index contributed by atoms with van der Waals surface area (Å²) in [5.41, 5.74) is 1.05. The minimum atomic E-state index is 0.613. The lowest BCUT2D eigenvalue weighted by atomic mass is 10.1. The topological polar surface area (TPSA) is 30.5 Å². The van der Waals surface area contributed by atoms with Crippen LogP contribution in [0.3, 0.4) is 0 Å². The van der Waals surface area contributed by atoms with Crippen LogP contribution in [0.4, 0.5) is 0 Å². The Morgan fingerprint density at radius 1 is 1.15 bits per heavy atom. The van der Waals surface area contributed by atoms with Crippen LogP contribution in [0, 0.1) is 0 Å². The summed E-state index contributed by atoms with van der Waals surface area (Å²) >= 11 is 6.12. The van der Waals surface area contributed by atoms with Crippen LogP contribution in [0.5, 0.6) is 11.5 Å². The van der Waals surface area contributed by atoms with E-state index in [-0.39, 0.29) is 0 Å². The number of benzene rings is 1. The summed E-state index contributed by atoms with van der Waals surface area (Å²) in [6.45, 7) is 6.57. The molecule has 1 N–H and O–H groups in total. The van der Waals surface area contributed by atoms with E-state index in [1.165, 1.54) is 25.7 Å². The predicted molar refractivity (Wildman–Crippen MR) is 85.0 cm³/mol. The van der Waals surface area contributed by atoms with Crippen molar-refractivity contribution in [3.05, 3.63) is 22.7 Å². The molecule has 0 unspecified atom stereocenters. The first-order chi connectivity index (χ1) is 9.72. The van der Waals surface area contributed by atoms with E-state index in [0.717, 1.165) is 24.4 Å². The Hall–Kier alpha value is -0.930. The van der Waals surface area contributed by atoms with Crippen LogP contribution in [0.2, 0.25) is 5.02 Å². The van der Waals surface area contributed by atoms with Crippen LogP contribution in [0.1, 0.15) is 45.1 Å². The van der Waals surface area contributed by atoms with E-state index in [4.69, 9.17) is 21.1 Å². The van der Waals surface area contributed by atoms with Gasteiger partial charge >= 0.3 is 0 Å². The maximum atomic E-state index is 6.12. The number of halogens is 1. The zero-order valence-electron chi connectivity index (χ0n) is 12.8. The quantitative estimate of drug-likeness (QED) is 0.649. The number of unbranched alkanes of at least 4 members (excludes halogenated alkanes) is 3. The van der Waals surface area contributed by atoms with Gasteiger partial charge in [0.05, 0.1) is 13.7 Å². The van der Waals surface area contributed by atoms with Crippen LogP contribution >= 0.6 is 11.6 Å². The summed E-state index contributed by atoms with van der Waals surface area (Å²) in [4.78, 5) is 0. The maximum Gasteiger partial charge on any atom is 0.165 e. The first kappa shape index (κ1) is 17.1. The van der Waals surface area contributed by atoms with Crippen molar-refractivity contribution < 1.29 is 9.47 Å². The third-order valence-electron chi connectivity index (χ3n) is 3.13. The Kier molecular flexibility index (Phi) is 8.47. The molecule has 0 saturated heterocycles. The number of nitrogens with one attached hydrogen (secondary N) is 1. The number of methoxy groups -OCH3 is 1. The van der Waals surface area contributed by atoms with Crippen molar-refractivity contribution in [2.75, 3.05) is 20.3 Å². The molecule has 0 atom stereocenters. The average molecular weight is 300 g/mol. The third kappa shape index (κ3) is 5.59. The van der Waals surface area contributed by atoms with Crippen molar-refractivity contribution in [1.82, 2.24) is 5.32 Å². The molecule has 0 aliphatic carbocycles. The predicted octanol–water partition coefficient (Wildman–Crippen LogP) is 4.42. The molecule has 0 aliphatic heterocycles. The van der Waals surface area contributed by atoms with E-state index in [1.807, 2.05) is 13.0 Å². The molecule has 4 heteroatoms. The van der Waals surface area contributed by atoms with Gasteiger partial charge in [-0.05, 0) is 26.0 Å². The second-order valence-corrected chi connectivity index (χ2v) is 5.20. The van der Waals surface area contributed by atoms with E-state index < -0.39 is 0 Å². The van der Waals surface area contributed by atoms with Crippen LogP contribution in [-0.4, -0.2) is 20.3 Å². The van der Waals surface area contributed by atoms with E-state index in [1.54, 1.807) is 13.2 Å². The summed E-state index contributed by atoms with van der Waals surface area (Å²) in [6.07, 6.45) is 5.05. The van der Waals surface area contributed by atoms with E-state index >= 15 is 0 Å². The SMILES string of the molecule is CCCCCCNCc1cc(Cl)cc(OC)c1OCC. The third-order valence-corrected chi connectivity index (χ3v) is 3.35. The molecule has 0 bridgehead atoms. The van der Waals surface area contributed by atoms with E-state index in [2.05, 4.69) is 12.2 Å². The first-order valence-electron chi connectivity index (χ1n) is 7.42. The second kappa shape index (κ2) is 9.89. The van der Waals surface area contributed by atoms with E-state index in [9.17, 15) is 0 Å². The summed E-state index contributed by atoms with van der Waals surface area (Å²) < 4.78 is 11.0. The molecule has 0 spiro atoms. The van der Waals surface area contributed by atoms with Gasteiger partial charge in [0.15, 0.2) is 11.5 Å². The van der Waals surface area contributed by atoms with Crippen molar-refractivity contribution in [3.8, 4) is 11.5 Å². The molecule has 1 aromatic carbocycles. The van der Waals surface area contributed by atoms with Gasteiger partial charge in [-0.1, -0.05) is 37.8 Å². The Labute approximate surface area is 127 Å². The van der Waals surface area contributed by atoms with Gasteiger partial charge in [-0.3, -0.25) is 0 Å². The Morgan fingerprint density at radius 3 is 2.60 bits per heavy atom. The lowest BCUT2D eigenvalue weighted by Crippen LogP contribution is -2.15. The Bertz CT molecular complexity index is 396. The minimum Gasteiger partial charge on any atom is -0.493 e. The van der Waals surface area contributed by atoms with Crippen LogP contribution in [0.15, 0.2) is 12.1 Å². The molecule has 0 aromatic heterocycles. The lowest BCUT2D eigenvalue weighted by molar-refractivity contribution is 0.307. The lowest BCUT2D eigenvalue weighted by Gasteiger charge is -2.15. The Morgan fingerprint density at radius 2 is 1.95 bits per heavy atom. The molecule has 0 heterocycles. The smallest absolute Gasteiger partial charge is 0.165 e. The number of ether oxygens (including phenoxy) is 2. The zero-order chi connectivity index (χ0) is 14.8. The van der Waals surface area contributed by atoms with Gasteiger partial charge in [-0.15, -0.1) is 0 Å². The number of rotatable bonds is 10. The standard InChI is InChI=1S/C16H26ClNO2/c1-4-6-7-8-9-18-12-13-10-14(17)11-15(19-3)16(13)20-5-2/h10-11,18H,4-9,12H2,1-3H3. The molecule has 0 amide bonds. The molecule has 3 nitrogen and oxygen atoms in total. The molecular weight excluding hydrogens is 274 g/mol. The van der Waals surface area contributed by atoms with Gasteiger partial charge in [0.25, 0.3) is 0 Å². The largest absolute Gasteiger partial charge is 0.493 e. The highest BCUT2D eigenvalue weighted by Gasteiger charge is 2.12. The fraction of sp³-hybridized carbons (Fsp3) is 0.625. The number of hydrogen-bond donors (Lipinski definition) is 1.